The lowest BCUT2D eigenvalue weighted by Gasteiger charge is -2.33. The summed E-state index contributed by atoms with van der Waals surface area (Å²) in [5.74, 6) is -0.164. The molecule has 2 N–H and O–H groups in total. The first-order valence-electron chi connectivity index (χ1n) is 14.1. The number of hydrogen-bond donors (Lipinski definition) is 2. The topological polar surface area (TPSA) is 96.4 Å². The summed E-state index contributed by atoms with van der Waals surface area (Å²) in [7, 11) is 1.45. The highest BCUT2D eigenvalue weighted by Gasteiger charge is 2.26. The van der Waals surface area contributed by atoms with Crippen molar-refractivity contribution < 1.29 is 17.5 Å². The Kier molecular flexibility index (Phi) is 9.31. The molecule has 5 rings (SSSR count). The Bertz CT molecular complexity index is 1760. The Morgan fingerprint density at radius 3 is 2.47 bits per heavy atom. The first-order chi connectivity index (χ1) is 20.5. The zero-order valence-electron chi connectivity index (χ0n) is 24.4. The standard InChI is InChI=1S/C31H34Cl2FN5O3S/c1-5-18-14-19(15-20-17-35-31(37-30(18)20)36-21-10-12-22(13-11-21)39(2)3)27-25(42-4)16-24(29(34)28(27)33)38-43(40,41)26-9-7-6-8-23(26)32/h6-9,14-17,21-22,38H,5,10-13H2,1-4H3,(H,35,36,37). The van der Waals surface area contributed by atoms with Gasteiger partial charge in [-0.25, -0.2) is 22.8 Å². The normalized spacial score (nSPS) is 17.3. The molecule has 0 atom stereocenters. The molecule has 0 bridgehead atoms. The highest BCUT2D eigenvalue weighted by atomic mass is 35.5. The van der Waals surface area contributed by atoms with E-state index >= 15 is 4.39 Å². The summed E-state index contributed by atoms with van der Waals surface area (Å²) in [6, 6.07) is 11.8. The van der Waals surface area contributed by atoms with Gasteiger partial charge in [-0.05, 0) is 81.6 Å². The summed E-state index contributed by atoms with van der Waals surface area (Å²) < 4.78 is 49.5. The molecule has 3 aromatic carbocycles. The minimum Gasteiger partial charge on any atom is -0.496 e. The van der Waals surface area contributed by atoms with Crippen molar-refractivity contribution >= 4 is 55.8 Å². The fourth-order valence-electron chi connectivity index (χ4n) is 5.59. The third kappa shape index (κ3) is 6.52. The van der Waals surface area contributed by atoms with Crippen LogP contribution >= 0.6 is 23.2 Å². The van der Waals surface area contributed by atoms with Crippen LogP contribution in [0.1, 0.15) is 38.2 Å². The molecule has 4 aromatic rings. The second kappa shape index (κ2) is 12.8. The maximum atomic E-state index is 15.7. The van der Waals surface area contributed by atoms with Crippen LogP contribution in [0.2, 0.25) is 10.0 Å². The van der Waals surface area contributed by atoms with Gasteiger partial charge in [-0.3, -0.25) is 4.72 Å². The highest BCUT2D eigenvalue weighted by molar-refractivity contribution is 7.92. The largest absolute Gasteiger partial charge is 0.496 e. The summed E-state index contributed by atoms with van der Waals surface area (Å²) in [6.45, 7) is 2.02. The van der Waals surface area contributed by atoms with Crippen molar-refractivity contribution in [3.05, 3.63) is 70.1 Å². The minimum atomic E-state index is -4.21. The van der Waals surface area contributed by atoms with E-state index in [4.69, 9.17) is 32.9 Å². The zero-order valence-corrected chi connectivity index (χ0v) is 26.7. The average Bonchev–Trinajstić information content (AvgIpc) is 2.99. The average molecular weight is 647 g/mol. The summed E-state index contributed by atoms with van der Waals surface area (Å²) in [6.07, 6.45) is 6.77. The van der Waals surface area contributed by atoms with Crippen LogP contribution in [0.25, 0.3) is 22.0 Å². The fraction of sp³-hybridized carbons (Fsp3) is 0.355. The number of hydrogen-bond acceptors (Lipinski definition) is 7. The number of halogens is 3. The molecule has 0 aliphatic heterocycles. The summed E-state index contributed by atoms with van der Waals surface area (Å²) >= 11 is 12.7. The number of sulfonamides is 1. The molecular weight excluding hydrogens is 612 g/mol. The van der Waals surface area contributed by atoms with Crippen LogP contribution in [0, 0.1) is 5.82 Å². The van der Waals surface area contributed by atoms with E-state index in [0.29, 0.717) is 35.6 Å². The van der Waals surface area contributed by atoms with E-state index in [1.165, 1.54) is 31.4 Å². The molecule has 1 aliphatic carbocycles. The number of nitrogens with zero attached hydrogens (tertiary/aromatic N) is 3. The molecule has 43 heavy (non-hydrogen) atoms. The first kappa shape index (κ1) is 31.3. The Morgan fingerprint density at radius 2 is 1.81 bits per heavy atom. The highest BCUT2D eigenvalue weighted by Crippen LogP contribution is 2.43. The number of anilines is 2. The summed E-state index contributed by atoms with van der Waals surface area (Å²) in [4.78, 5) is 11.5. The van der Waals surface area contributed by atoms with Gasteiger partial charge in [-0.1, -0.05) is 42.3 Å². The molecule has 0 spiro atoms. The number of fused-ring (bicyclic) bond motifs is 1. The second-order valence-corrected chi connectivity index (χ2v) is 13.3. The Hall–Kier alpha value is -3.18. The van der Waals surface area contributed by atoms with E-state index in [1.54, 1.807) is 12.3 Å². The number of aryl methyl sites for hydroxylation is 1. The van der Waals surface area contributed by atoms with Crippen LogP contribution in [0.4, 0.5) is 16.0 Å². The van der Waals surface area contributed by atoms with E-state index in [0.717, 1.165) is 42.1 Å². The van der Waals surface area contributed by atoms with Crippen LogP contribution in [0.5, 0.6) is 5.75 Å². The van der Waals surface area contributed by atoms with Gasteiger partial charge in [0.1, 0.15) is 10.6 Å². The zero-order chi connectivity index (χ0) is 30.9. The molecule has 1 fully saturated rings. The molecule has 1 aromatic heterocycles. The predicted molar refractivity (Wildman–Crippen MR) is 171 cm³/mol. The van der Waals surface area contributed by atoms with Gasteiger partial charge in [-0.15, -0.1) is 0 Å². The number of benzene rings is 3. The Balaban J connectivity index is 1.48. The van der Waals surface area contributed by atoms with Gasteiger partial charge in [0.05, 0.1) is 28.4 Å². The smallest absolute Gasteiger partial charge is 0.263 e. The van der Waals surface area contributed by atoms with Crippen LogP contribution < -0.4 is 14.8 Å². The minimum absolute atomic E-state index is 0.00522. The molecule has 12 heteroatoms. The van der Waals surface area contributed by atoms with Gasteiger partial charge in [0, 0.05) is 35.3 Å². The SMILES string of the molecule is CCc1cc(-c2c(OC)cc(NS(=O)(=O)c3ccccc3Cl)c(F)c2Cl)cc2cnc(NC3CCC(N(C)C)CC3)nc12. The lowest BCUT2D eigenvalue weighted by Crippen LogP contribution is -2.36. The Morgan fingerprint density at radius 1 is 1.09 bits per heavy atom. The van der Waals surface area contributed by atoms with Gasteiger partial charge < -0.3 is 15.0 Å². The van der Waals surface area contributed by atoms with E-state index in [9.17, 15) is 8.42 Å². The van der Waals surface area contributed by atoms with Gasteiger partial charge in [0.2, 0.25) is 5.95 Å². The molecule has 8 nitrogen and oxygen atoms in total. The predicted octanol–water partition coefficient (Wildman–Crippen LogP) is 7.40. The molecule has 228 valence electrons. The van der Waals surface area contributed by atoms with Gasteiger partial charge in [0.15, 0.2) is 5.82 Å². The van der Waals surface area contributed by atoms with Gasteiger partial charge in [0.25, 0.3) is 10.0 Å². The molecule has 1 heterocycles. The van der Waals surface area contributed by atoms with Crippen molar-refractivity contribution in [2.45, 2.75) is 56.0 Å². The quantitative estimate of drug-likeness (QED) is 0.196. The van der Waals surface area contributed by atoms with Crippen molar-refractivity contribution in [1.29, 1.82) is 0 Å². The molecule has 1 saturated carbocycles. The van der Waals surface area contributed by atoms with Crippen molar-refractivity contribution in [3.8, 4) is 16.9 Å². The fourth-order valence-corrected chi connectivity index (χ4v) is 7.47. The maximum Gasteiger partial charge on any atom is 0.263 e. The first-order valence-corrected chi connectivity index (χ1v) is 16.3. The Labute approximate surface area is 261 Å². The van der Waals surface area contributed by atoms with Gasteiger partial charge in [-0.2, -0.15) is 0 Å². The van der Waals surface area contributed by atoms with Crippen LogP contribution in [-0.4, -0.2) is 56.6 Å². The van der Waals surface area contributed by atoms with E-state index in [2.05, 4.69) is 34.0 Å². The number of rotatable bonds is 9. The molecule has 0 unspecified atom stereocenters. The summed E-state index contributed by atoms with van der Waals surface area (Å²) in [5.41, 5.74) is 2.25. The van der Waals surface area contributed by atoms with E-state index in [1.807, 2.05) is 19.1 Å². The lowest BCUT2D eigenvalue weighted by atomic mass is 9.90. The summed E-state index contributed by atoms with van der Waals surface area (Å²) in [5, 5.41) is 3.99. The van der Waals surface area contributed by atoms with Crippen LogP contribution in [0.15, 0.2) is 53.6 Å². The monoisotopic (exact) mass is 645 g/mol. The molecule has 0 saturated heterocycles. The van der Waals surface area contributed by atoms with E-state index in [-0.39, 0.29) is 26.4 Å². The van der Waals surface area contributed by atoms with Crippen LogP contribution in [-0.2, 0) is 16.4 Å². The van der Waals surface area contributed by atoms with Gasteiger partial charge >= 0.3 is 0 Å². The maximum absolute atomic E-state index is 15.7. The molecule has 0 radical (unpaired) electrons. The van der Waals surface area contributed by atoms with E-state index < -0.39 is 15.8 Å². The van der Waals surface area contributed by atoms with Crippen molar-refractivity contribution in [1.82, 2.24) is 14.9 Å². The number of ether oxygens (including phenoxy) is 1. The number of methoxy groups -OCH3 is 1. The number of nitrogens with one attached hydrogen (secondary N) is 2. The third-order valence-corrected chi connectivity index (χ3v) is 10.2. The number of aromatic nitrogens is 2. The molecule has 1 aliphatic rings. The van der Waals surface area contributed by atoms with Crippen molar-refractivity contribution in [2.24, 2.45) is 0 Å². The van der Waals surface area contributed by atoms with Crippen molar-refractivity contribution in [3.63, 3.8) is 0 Å². The van der Waals surface area contributed by atoms with Crippen molar-refractivity contribution in [2.75, 3.05) is 31.2 Å². The molecule has 0 amide bonds. The lowest BCUT2D eigenvalue weighted by molar-refractivity contribution is 0.221. The van der Waals surface area contributed by atoms with Crippen LogP contribution in [0.3, 0.4) is 0 Å². The second-order valence-electron chi connectivity index (χ2n) is 10.9. The molecular formula is C31H34Cl2FN5O3S. The third-order valence-electron chi connectivity index (χ3n) is 7.95.